The molecule has 0 aliphatic heterocycles. The van der Waals surface area contributed by atoms with Crippen LogP contribution < -0.4 is 4.90 Å². The molecule has 0 spiro atoms. The van der Waals surface area contributed by atoms with Crippen LogP contribution in [0.3, 0.4) is 0 Å². The van der Waals surface area contributed by atoms with E-state index in [2.05, 4.69) is 67.2 Å². The zero-order chi connectivity index (χ0) is 10.0. The van der Waals surface area contributed by atoms with E-state index < -0.39 is 0 Å². The fraction of sp³-hybridized carbons (Fsp3) is 0.500. The summed E-state index contributed by atoms with van der Waals surface area (Å²) in [5.41, 5.74) is 0. The highest BCUT2D eigenvalue weighted by molar-refractivity contribution is 14.1. The summed E-state index contributed by atoms with van der Waals surface area (Å²) in [5.74, 6) is 0.921. The smallest absolute Gasteiger partial charge is 0.162 e. The van der Waals surface area contributed by atoms with Gasteiger partial charge >= 0.3 is 0 Å². The van der Waals surface area contributed by atoms with Crippen LogP contribution in [-0.4, -0.2) is 23.1 Å². The Balaban J connectivity index is 3.05. The molecule has 5 heteroatoms. The number of halogens is 2. The lowest BCUT2D eigenvalue weighted by Gasteiger charge is -2.23. The molecule has 0 saturated carbocycles. The molecule has 0 aliphatic carbocycles. The van der Waals surface area contributed by atoms with Crippen LogP contribution in [-0.2, 0) is 0 Å². The predicted molar refractivity (Wildman–Crippen MR) is 66.0 cm³/mol. The summed E-state index contributed by atoms with van der Waals surface area (Å²) in [6.45, 7) is 4.25. The lowest BCUT2D eigenvalue weighted by molar-refractivity contribution is 0.736. The van der Waals surface area contributed by atoms with Crippen molar-refractivity contribution in [3.8, 4) is 0 Å². The van der Waals surface area contributed by atoms with E-state index >= 15 is 0 Å². The minimum absolute atomic E-state index is 0.428. The van der Waals surface area contributed by atoms with Crippen LogP contribution in [0.5, 0.6) is 0 Å². The Morgan fingerprint density at radius 3 is 2.69 bits per heavy atom. The van der Waals surface area contributed by atoms with E-state index in [1.165, 1.54) is 0 Å². The third-order valence-corrected chi connectivity index (χ3v) is 2.93. The van der Waals surface area contributed by atoms with Crippen molar-refractivity contribution in [3.63, 3.8) is 0 Å². The van der Waals surface area contributed by atoms with Crippen LogP contribution in [0.25, 0.3) is 0 Å². The van der Waals surface area contributed by atoms with Gasteiger partial charge in [0.1, 0.15) is 8.30 Å². The number of anilines is 1. The molecule has 3 nitrogen and oxygen atoms in total. The van der Waals surface area contributed by atoms with Crippen molar-refractivity contribution in [2.45, 2.75) is 19.9 Å². The monoisotopic (exact) mass is 355 g/mol. The molecule has 0 saturated heterocycles. The molecule has 0 atom stereocenters. The molecule has 13 heavy (non-hydrogen) atoms. The summed E-state index contributed by atoms with van der Waals surface area (Å²) < 4.78 is 1.70. The van der Waals surface area contributed by atoms with E-state index in [1.807, 2.05) is 7.05 Å². The number of rotatable bonds is 2. The zero-order valence-electron chi connectivity index (χ0n) is 7.75. The van der Waals surface area contributed by atoms with Gasteiger partial charge in [-0.1, -0.05) is 0 Å². The summed E-state index contributed by atoms with van der Waals surface area (Å²) in [4.78, 5) is 10.7. The Hall–Kier alpha value is 0.0900. The Kier molecular flexibility index (Phi) is 3.90. The maximum atomic E-state index is 4.37. The van der Waals surface area contributed by atoms with E-state index in [9.17, 15) is 0 Å². The molecule has 1 aromatic rings. The van der Waals surface area contributed by atoms with Crippen molar-refractivity contribution in [1.29, 1.82) is 0 Å². The second kappa shape index (κ2) is 4.54. The van der Waals surface area contributed by atoms with Crippen molar-refractivity contribution in [2.75, 3.05) is 11.9 Å². The lowest BCUT2D eigenvalue weighted by Crippen LogP contribution is -2.27. The fourth-order valence-corrected chi connectivity index (χ4v) is 1.72. The first kappa shape index (κ1) is 11.2. The Labute approximate surface area is 100 Å². The fourth-order valence-electron chi connectivity index (χ4n) is 0.813. The number of aromatic nitrogens is 2. The van der Waals surface area contributed by atoms with Gasteiger partial charge in [-0.05, 0) is 52.4 Å². The van der Waals surface area contributed by atoms with Gasteiger partial charge in [0.2, 0.25) is 0 Å². The van der Waals surface area contributed by atoms with E-state index in [0.29, 0.717) is 6.04 Å². The molecule has 0 aromatic carbocycles. The zero-order valence-corrected chi connectivity index (χ0v) is 11.5. The van der Waals surface area contributed by atoms with Crippen molar-refractivity contribution in [2.24, 2.45) is 0 Å². The van der Waals surface area contributed by atoms with Gasteiger partial charge < -0.3 is 4.90 Å². The van der Waals surface area contributed by atoms with Gasteiger partial charge in [0.25, 0.3) is 0 Å². The van der Waals surface area contributed by atoms with Gasteiger partial charge in [-0.2, -0.15) is 0 Å². The molecule has 72 valence electrons. The molecule has 0 bridgehead atoms. The molecule has 0 amide bonds. The predicted octanol–water partition coefficient (Wildman–Crippen LogP) is 2.69. The standard InChI is InChI=1S/C8H11BrIN3/c1-5(2)13(3)8-7(10)11-4-6(9)12-8/h4-5H,1-3H3. The van der Waals surface area contributed by atoms with Crippen LogP contribution in [0.4, 0.5) is 5.82 Å². The molecule has 0 unspecified atom stereocenters. The van der Waals surface area contributed by atoms with Crippen LogP contribution in [0.1, 0.15) is 13.8 Å². The highest BCUT2D eigenvalue weighted by Gasteiger charge is 2.11. The summed E-state index contributed by atoms with van der Waals surface area (Å²) >= 11 is 5.50. The number of hydrogen-bond acceptors (Lipinski definition) is 3. The van der Waals surface area contributed by atoms with Crippen LogP contribution in [0.15, 0.2) is 10.8 Å². The first-order valence-electron chi connectivity index (χ1n) is 3.93. The van der Waals surface area contributed by atoms with E-state index in [-0.39, 0.29) is 0 Å². The maximum absolute atomic E-state index is 4.37. The van der Waals surface area contributed by atoms with Gasteiger partial charge in [-0.15, -0.1) is 0 Å². The molecule has 0 aliphatic rings. The second-order valence-corrected chi connectivity index (χ2v) is 4.85. The van der Waals surface area contributed by atoms with Crippen molar-refractivity contribution in [1.82, 2.24) is 9.97 Å². The summed E-state index contributed by atoms with van der Waals surface area (Å²) in [6, 6.07) is 0.428. The average Bonchev–Trinajstić information content (AvgIpc) is 2.08. The third kappa shape index (κ3) is 2.77. The van der Waals surface area contributed by atoms with Gasteiger partial charge in [-0.3, -0.25) is 0 Å². The maximum Gasteiger partial charge on any atom is 0.162 e. The number of nitrogens with zero attached hydrogens (tertiary/aromatic N) is 3. The Bertz CT molecular complexity index is 303. The first-order chi connectivity index (χ1) is 6.02. The van der Waals surface area contributed by atoms with Crippen molar-refractivity contribution >= 4 is 44.3 Å². The van der Waals surface area contributed by atoms with E-state index in [4.69, 9.17) is 0 Å². The van der Waals surface area contributed by atoms with Gasteiger partial charge in [0, 0.05) is 13.1 Å². The quantitative estimate of drug-likeness (QED) is 0.764. The molecular weight excluding hydrogens is 345 g/mol. The van der Waals surface area contributed by atoms with Crippen LogP contribution >= 0.6 is 38.5 Å². The summed E-state index contributed by atoms with van der Waals surface area (Å²) in [6.07, 6.45) is 1.71. The summed E-state index contributed by atoms with van der Waals surface area (Å²) in [7, 11) is 2.02. The SMILES string of the molecule is CC(C)N(C)c1nc(Br)cnc1I. The molecule has 1 rings (SSSR count). The molecule has 0 fully saturated rings. The normalized spacial score (nSPS) is 10.6. The summed E-state index contributed by atoms with van der Waals surface area (Å²) in [5, 5.41) is 0. The van der Waals surface area contributed by atoms with Gasteiger partial charge in [-0.25, -0.2) is 9.97 Å². The molecule has 0 N–H and O–H groups in total. The second-order valence-electron chi connectivity index (χ2n) is 3.01. The largest absolute Gasteiger partial charge is 0.355 e. The van der Waals surface area contributed by atoms with Gasteiger partial charge in [0.15, 0.2) is 5.82 Å². The minimum Gasteiger partial charge on any atom is -0.355 e. The molecular formula is C8H11BrIN3. The lowest BCUT2D eigenvalue weighted by atomic mass is 10.3. The first-order valence-corrected chi connectivity index (χ1v) is 5.80. The van der Waals surface area contributed by atoms with Gasteiger partial charge in [0.05, 0.1) is 6.20 Å². The molecule has 0 radical (unpaired) electrons. The van der Waals surface area contributed by atoms with E-state index in [1.54, 1.807) is 6.20 Å². The Morgan fingerprint density at radius 2 is 2.15 bits per heavy atom. The Morgan fingerprint density at radius 1 is 1.54 bits per heavy atom. The van der Waals surface area contributed by atoms with Crippen molar-refractivity contribution in [3.05, 3.63) is 14.5 Å². The molecule has 1 aromatic heterocycles. The van der Waals surface area contributed by atoms with Crippen LogP contribution in [0.2, 0.25) is 0 Å². The van der Waals surface area contributed by atoms with Crippen molar-refractivity contribution < 1.29 is 0 Å². The minimum atomic E-state index is 0.428. The third-order valence-electron chi connectivity index (χ3n) is 1.79. The van der Waals surface area contributed by atoms with Crippen LogP contribution in [0, 0.1) is 3.70 Å². The highest BCUT2D eigenvalue weighted by atomic mass is 127. The molecule has 1 heterocycles. The topological polar surface area (TPSA) is 29.0 Å². The average molecular weight is 356 g/mol. The number of hydrogen-bond donors (Lipinski definition) is 0. The van der Waals surface area contributed by atoms with E-state index in [0.717, 1.165) is 14.1 Å². The highest BCUT2D eigenvalue weighted by Crippen LogP contribution is 2.20.